The fourth-order valence-corrected chi connectivity index (χ4v) is 2.38. The summed E-state index contributed by atoms with van der Waals surface area (Å²) in [4.78, 5) is 0. The summed E-state index contributed by atoms with van der Waals surface area (Å²) in [7, 11) is 0. The zero-order valence-corrected chi connectivity index (χ0v) is 10.6. The van der Waals surface area contributed by atoms with Crippen LogP contribution >= 0.6 is 11.6 Å². The second kappa shape index (κ2) is 5.39. The third-order valence-corrected chi connectivity index (χ3v) is 3.51. The summed E-state index contributed by atoms with van der Waals surface area (Å²) in [5.74, 6) is 0. The molecule has 0 saturated carbocycles. The van der Waals surface area contributed by atoms with Crippen molar-refractivity contribution in [2.45, 2.75) is 31.8 Å². The average Bonchev–Trinajstić information content (AvgIpc) is 2.34. The largest absolute Gasteiger partial charge is 0.380 e. The Morgan fingerprint density at radius 1 is 1.53 bits per heavy atom. The molecule has 1 aromatic carbocycles. The summed E-state index contributed by atoms with van der Waals surface area (Å²) in [6.07, 6.45) is 2.32. The van der Waals surface area contributed by atoms with Crippen LogP contribution in [0.25, 0.3) is 0 Å². The minimum absolute atomic E-state index is 0.397. The van der Waals surface area contributed by atoms with Crippen LogP contribution in [0.4, 0.5) is 5.69 Å². The molecule has 0 bridgehead atoms. The lowest BCUT2D eigenvalue weighted by Gasteiger charge is -2.31. The molecule has 1 aliphatic rings. The average molecular weight is 250 g/mol. The molecule has 0 radical (unpaired) electrons. The molecule has 0 amide bonds. The van der Waals surface area contributed by atoms with Gasteiger partial charge < -0.3 is 10.6 Å². The van der Waals surface area contributed by atoms with Crippen molar-refractivity contribution in [3.63, 3.8) is 0 Å². The number of hydrogen-bond acceptors (Lipinski definition) is 3. The van der Waals surface area contributed by atoms with Crippen LogP contribution in [0, 0.1) is 11.3 Å². The van der Waals surface area contributed by atoms with Gasteiger partial charge in [0.15, 0.2) is 0 Å². The summed E-state index contributed by atoms with van der Waals surface area (Å²) in [5, 5.41) is 16.3. The Labute approximate surface area is 107 Å². The molecule has 0 aromatic heterocycles. The van der Waals surface area contributed by atoms with Crippen molar-refractivity contribution in [1.82, 2.24) is 5.32 Å². The van der Waals surface area contributed by atoms with Crippen LogP contribution < -0.4 is 10.6 Å². The number of benzene rings is 1. The van der Waals surface area contributed by atoms with Crippen molar-refractivity contribution in [3.8, 4) is 6.07 Å². The van der Waals surface area contributed by atoms with Crippen LogP contribution in [0.1, 0.15) is 25.3 Å². The van der Waals surface area contributed by atoms with Crippen molar-refractivity contribution in [2.75, 3.05) is 11.9 Å². The Bertz CT molecular complexity index is 439. The highest BCUT2D eigenvalue weighted by Gasteiger charge is 2.20. The number of nitrogens with one attached hydrogen (secondary N) is 2. The predicted octanol–water partition coefficient (Wildman–Crippen LogP) is 2.76. The number of hydrogen-bond donors (Lipinski definition) is 2. The number of piperidine rings is 1. The second-order valence-corrected chi connectivity index (χ2v) is 4.85. The van der Waals surface area contributed by atoms with Gasteiger partial charge in [-0.15, -0.1) is 0 Å². The van der Waals surface area contributed by atoms with E-state index in [4.69, 9.17) is 16.9 Å². The van der Waals surface area contributed by atoms with E-state index in [0.29, 0.717) is 22.7 Å². The van der Waals surface area contributed by atoms with E-state index in [1.165, 1.54) is 6.42 Å². The number of anilines is 1. The standard InChI is InChI=1S/C13H16ClN3/c1-9-12(3-2-6-16-9)17-13-5-4-10(8-15)7-11(13)14/h4-5,7,9,12,16-17H,2-3,6H2,1H3. The first-order chi connectivity index (χ1) is 8.20. The lowest BCUT2D eigenvalue weighted by Crippen LogP contribution is -2.46. The van der Waals surface area contributed by atoms with Crippen LogP contribution in [-0.4, -0.2) is 18.6 Å². The van der Waals surface area contributed by atoms with Gasteiger partial charge in [0.05, 0.1) is 22.3 Å². The van der Waals surface area contributed by atoms with E-state index < -0.39 is 0 Å². The molecule has 2 unspecified atom stereocenters. The summed E-state index contributed by atoms with van der Waals surface area (Å²) >= 11 is 6.14. The Morgan fingerprint density at radius 3 is 3.00 bits per heavy atom. The molecule has 17 heavy (non-hydrogen) atoms. The molecule has 1 heterocycles. The van der Waals surface area contributed by atoms with E-state index in [2.05, 4.69) is 23.6 Å². The van der Waals surface area contributed by atoms with Crippen molar-refractivity contribution in [3.05, 3.63) is 28.8 Å². The van der Waals surface area contributed by atoms with Gasteiger partial charge in [0.2, 0.25) is 0 Å². The van der Waals surface area contributed by atoms with Crippen LogP contribution in [0.3, 0.4) is 0 Å². The molecule has 0 spiro atoms. The highest BCUT2D eigenvalue weighted by atomic mass is 35.5. The lowest BCUT2D eigenvalue weighted by atomic mass is 9.99. The van der Waals surface area contributed by atoms with E-state index in [0.717, 1.165) is 18.7 Å². The first kappa shape index (κ1) is 12.2. The Kier molecular flexibility index (Phi) is 3.88. The van der Waals surface area contributed by atoms with Gasteiger partial charge in [-0.2, -0.15) is 5.26 Å². The van der Waals surface area contributed by atoms with Crippen molar-refractivity contribution in [2.24, 2.45) is 0 Å². The summed E-state index contributed by atoms with van der Waals surface area (Å²) in [5.41, 5.74) is 1.50. The van der Waals surface area contributed by atoms with E-state index in [1.807, 2.05) is 6.07 Å². The third kappa shape index (κ3) is 2.91. The summed E-state index contributed by atoms with van der Waals surface area (Å²) in [6, 6.07) is 8.28. The van der Waals surface area contributed by atoms with Crippen LogP contribution in [0.15, 0.2) is 18.2 Å². The Morgan fingerprint density at radius 2 is 2.35 bits per heavy atom. The Hall–Kier alpha value is -1.24. The first-order valence-electron chi connectivity index (χ1n) is 5.90. The maximum Gasteiger partial charge on any atom is 0.0992 e. The molecule has 4 heteroatoms. The smallest absolute Gasteiger partial charge is 0.0992 e. The van der Waals surface area contributed by atoms with E-state index in [1.54, 1.807) is 12.1 Å². The van der Waals surface area contributed by atoms with Crippen LogP contribution in [0.5, 0.6) is 0 Å². The lowest BCUT2D eigenvalue weighted by molar-refractivity contribution is 0.389. The topological polar surface area (TPSA) is 47.8 Å². The van der Waals surface area contributed by atoms with Crippen molar-refractivity contribution >= 4 is 17.3 Å². The van der Waals surface area contributed by atoms with Crippen LogP contribution in [-0.2, 0) is 0 Å². The van der Waals surface area contributed by atoms with E-state index in [9.17, 15) is 0 Å². The van der Waals surface area contributed by atoms with Gasteiger partial charge in [-0.05, 0) is 44.5 Å². The van der Waals surface area contributed by atoms with Crippen molar-refractivity contribution < 1.29 is 0 Å². The summed E-state index contributed by atoms with van der Waals surface area (Å²) in [6.45, 7) is 3.26. The number of halogens is 1. The van der Waals surface area contributed by atoms with Gasteiger partial charge in [0.25, 0.3) is 0 Å². The van der Waals surface area contributed by atoms with E-state index >= 15 is 0 Å². The molecule has 2 N–H and O–H groups in total. The van der Waals surface area contributed by atoms with Gasteiger partial charge in [-0.3, -0.25) is 0 Å². The summed E-state index contributed by atoms with van der Waals surface area (Å²) < 4.78 is 0. The minimum atomic E-state index is 0.397. The molecule has 1 aliphatic heterocycles. The molecule has 0 aliphatic carbocycles. The molecule has 3 nitrogen and oxygen atoms in total. The zero-order chi connectivity index (χ0) is 12.3. The quantitative estimate of drug-likeness (QED) is 0.847. The molecule has 2 atom stereocenters. The van der Waals surface area contributed by atoms with Crippen LogP contribution in [0.2, 0.25) is 5.02 Å². The van der Waals surface area contributed by atoms with Gasteiger partial charge >= 0.3 is 0 Å². The maximum atomic E-state index is 8.78. The fourth-order valence-electron chi connectivity index (χ4n) is 2.14. The minimum Gasteiger partial charge on any atom is -0.380 e. The molecule has 1 aromatic rings. The molecule has 2 rings (SSSR count). The molecule has 1 saturated heterocycles. The number of rotatable bonds is 2. The van der Waals surface area contributed by atoms with Gasteiger partial charge in [-0.25, -0.2) is 0 Å². The number of nitrogens with zero attached hydrogens (tertiary/aromatic N) is 1. The first-order valence-corrected chi connectivity index (χ1v) is 6.28. The molecule has 90 valence electrons. The van der Waals surface area contributed by atoms with Gasteiger partial charge in [0.1, 0.15) is 0 Å². The SMILES string of the molecule is CC1NCCCC1Nc1ccc(C#N)cc1Cl. The van der Waals surface area contributed by atoms with E-state index in [-0.39, 0.29) is 0 Å². The molecular weight excluding hydrogens is 234 g/mol. The predicted molar refractivity (Wildman–Crippen MR) is 70.3 cm³/mol. The van der Waals surface area contributed by atoms with Gasteiger partial charge in [0, 0.05) is 12.1 Å². The highest BCUT2D eigenvalue weighted by molar-refractivity contribution is 6.33. The monoisotopic (exact) mass is 249 g/mol. The molecule has 1 fully saturated rings. The third-order valence-electron chi connectivity index (χ3n) is 3.20. The van der Waals surface area contributed by atoms with Crippen molar-refractivity contribution in [1.29, 1.82) is 5.26 Å². The normalized spacial score (nSPS) is 24.1. The second-order valence-electron chi connectivity index (χ2n) is 4.44. The Balaban J connectivity index is 2.10. The number of nitriles is 1. The maximum absolute atomic E-state index is 8.78. The molecular formula is C13H16ClN3. The zero-order valence-electron chi connectivity index (χ0n) is 9.83. The fraction of sp³-hybridized carbons (Fsp3) is 0.462. The highest BCUT2D eigenvalue weighted by Crippen LogP contribution is 2.25. The van der Waals surface area contributed by atoms with Gasteiger partial charge in [-0.1, -0.05) is 11.6 Å².